The number of aryl methyl sites for hydroxylation is 2. The van der Waals surface area contributed by atoms with Gasteiger partial charge in [-0.05, 0) is 49.9 Å². The lowest BCUT2D eigenvalue weighted by Crippen LogP contribution is -2.44. The molecule has 6 nitrogen and oxygen atoms in total. The van der Waals surface area contributed by atoms with Gasteiger partial charge in [0.05, 0.1) is 11.6 Å². The predicted octanol–water partition coefficient (Wildman–Crippen LogP) is 1.76. The third-order valence-electron chi connectivity index (χ3n) is 3.83. The predicted molar refractivity (Wildman–Crippen MR) is 80.4 cm³/mol. The number of hydrogen-bond acceptors (Lipinski definition) is 3. The first-order chi connectivity index (χ1) is 9.79. The summed E-state index contributed by atoms with van der Waals surface area (Å²) < 4.78 is 28.4. The van der Waals surface area contributed by atoms with Crippen molar-refractivity contribution in [3.05, 3.63) is 29.3 Å². The Bertz CT molecular complexity index is 642. The summed E-state index contributed by atoms with van der Waals surface area (Å²) in [6.45, 7) is 4.24. The Balaban J connectivity index is 2.14. The van der Waals surface area contributed by atoms with E-state index in [4.69, 9.17) is 5.11 Å². The number of hydrogen-bond donors (Lipinski definition) is 2. The second-order valence-corrected chi connectivity index (χ2v) is 7.11. The molecule has 1 aromatic rings. The number of nitrogens with zero attached hydrogens (tertiary/aromatic N) is 1. The molecule has 116 valence electrons. The molecule has 0 amide bonds. The molecule has 1 aliphatic heterocycles. The topological polar surface area (TPSA) is 86.7 Å². The van der Waals surface area contributed by atoms with Crippen LogP contribution in [0.15, 0.2) is 18.2 Å². The van der Waals surface area contributed by atoms with Crippen molar-refractivity contribution in [2.75, 3.05) is 17.8 Å². The highest BCUT2D eigenvalue weighted by molar-refractivity contribution is 7.90. The van der Waals surface area contributed by atoms with Gasteiger partial charge in [-0.15, -0.1) is 0 Å². The molecule has 2 N–H and O–H groups in total. The molecule has 1 atom stereocenters. The van der Waals surface area contributed by atoms with Crippen LogP contribution in [0.1, 0.15) is 24.0 Å². The molecule has 0 spiro atoms. The minimum Gasteiger partial charge on any atom is -0.481 e. The Morgan fingerprint density at radius 1 is 1.33 bits per heavy atom. The molecule has 1 fully saturated rings. The second kappa shape index (κ2) is 6.03. The van der Waals surface area contributed by atoms with Gasteiger partial charge in [-0.25, -0.2) is 0 Å². The summed E-state index contributed by atoms with van der Waals surface area (Å²) in [5.41, 5.74) is 2.58. The van der Waals surface area contributed by atoms with Crippen molar-refractivity contribution in [3.63, 3.8) is 0 Å². The number of carbonyl (C=O) groups is 1. The van der Waals surface area contributed by atoms with E-state index in [0.29, 0.717) is 25.1 Å². The van der Waals surface area contributed by atoms with E-state index < -0.39 is 22.1 Å². The lowest BCUT2D eigenvalue weighted by Gasteiger charge is -2.30. The zero-order valence-corrected chi connectivity index (χ0v) is 13.0. The first-order valence-corrected chi connectivity index (χ1v) is 8.31. The first kappa shape index (κ1) is 15.8. The van der Waals surface area contributed by atoms with Gasteiger partial charge in [-0.3, -0.25) is 9.52 Å². The van der Waals surface area contributed by atoms with E-state index in [1.807, 2.05) is 19.9 Å². The van der Waals surface area contributed by atoms with Gasteiger partial charge in [0.1, 0.15) is 0 Å². The summed E-state index contributed by atoms with van der Waals surface area (Å²) in [5.74, 6) is -1.57. The van der Waals surface area contributed by atoms with E-state index in [2.05, 4.69) is 4.72 Å². The average molecular weight is 312 g/mol. The molecule has 0 radical (unpaired) electrons. The minimum atomic E-state index is -3.71. The summed E-state index contributed by atoms with van der Waals surface area (Å²) in [7, 11) is -3.71. The zero-order chi connectivity index (χ0) is 15.6. The molecule has 1 aromatic carbocycles. The summed E-state index contributed by atoms with van der Waals surface area (Å²) in [5, 5.41) is 9.04. The molecule has 0 bridgehead atoms. The molecule has 21 heavy (non-hydrogen) atoms. The van der Waals surface area contributed by atoms with Crippen LogP contribution in [0, 0.1) is 19.8 Å². The van der Waals surface area contributed by atoms with Gasteiger partial charge in [0.15, 0.2) is 0 Å². The van der Waals surface area contributed by atoms with Crippen LogP contribution in [0.5, 0.6) is 0 Å². The van der Waals surface area contributed by atoms with E-state index in [1.54, 1.807) is 12.1 Å². The normalized spacial score (nSPS) is 20.2. The molecular formula is C14H20N2O4S. The van der Waals surface area contributed by atoms with Gasteiger partial charge < -0.3 is 5.11 Å². The SMILES string of the molecule is Cc1ccc(NS(=O)(=O)N2CCCC(C(=O)O)C2)cc1C. The van der Waals surface area contributed by atoms with Crippen molar-refractivity contribution in [2.24, 2.45) is 5.92 Å². The van der Waals surface area contributed by atoms with Crippen LogP contribution in [0.4, 0.5) is 5.69 Å². The molecule has 0 aliphatic carbocycles. The number of piperidine rings is 1. The quantitative estimate of drug-likeness (QED) is 0.887. The minimum absolute atomic E-state index is 0.0233. The zero-order valence-electron chi connectivity index (χ0n) is 12.2. The molecule has 0 aromatic heterocycles. The van der Waals surface area contributed by atoms with Gasteiger partial charge in [0.25, 0.3) is 0 Å². The first-order valence-electron chi connectivity index (χ1n) is 6.87. The molecule has 2 rings (SSSR count). The summed E-state index contributed by atoms with van der Waals surface area (Å²) in [4.78, 5) is 11.0. The van der Waals surface area contributed by atoms with Gasteiger partial charge in [-0.2, -0.15) is 12.7 Å². The number of anilines is 1. The molecule has 1 heterocycles. The Kier molecular flexibility index (Phi) is 4.53. The van der Waals surface area contributed by atoms with Crippen LogP contribution in [-0.4, -0.2) is 36.9 Å². The third kappa shape index (κ3) is 3.74. The van der Waals surface area contributed by atoms with Crippen LogP contribution in [0.3, 0.4) is 0 Å². The highest BCUT2D eigenvalue weighted by atomic mass is 32.2. The highest BCUT2D eigenvalue weighted by Gasteiger charge is 2.32. The number of benzene rings is 1. The summed E-state index contributed by atoms with van der Waals surface area (Å²) >= 11 is 0. The average Bonchev–Trinajstić information content (AvgIpc) is 2.43. The van der Waals surface area contributed by atoms with Crippen molar-refractivity contribution < 1.29 is 18.3 Å². The number of nitrogens with one attached hydrogen (secondary N) is 1. The van der Waals surface area contributed by atoms with Crippen molar-refractivity contribution in [3.8, 4) is 0 Å². The van der Waals surface area contributed by atoms with Crippen LogP contribution in [0.2, 0.25) is 0 Å². The fraction of sp³-hybridized carbons (Fsp3) is 0.500. The largest absolute Gasteiger partial charge is 0.481 e. The number of rotatable bonds is 4. The van der Waals surface area contributed by atoms with Crippen molar-refractivity contribution in [1.29, 1.82) is 0 Å². The fourth-order valence-corrected chi connectivity index (χ4v) is 3.68. The molecule has 0 saturated carbocycles. The summed E-state index contributed by atoms with van der Waals surface area (Å²) in [6, 6.07) is 5.33. The molecular weight excluding hydrogens is 292 g/mol. The smallest absolute Gasteiger partial charge is 0.307 e. The van der Waals surface area contributed by atoms with Crippen molar-refractivity contribution in [2.45, 2.75) is 26.7 Å². The molecule has 1 saturated heterocycles. The van der Waals surface area contributed by atoms with E-state index in [-0.39, 0.29) is 6.54 Å². The van der Waals surface area contributed by atoms with E-state index in [0.717, 1.165) is 11.1 Å². The Morgan fingerprint density at radius 3 is 2.67 bits per heavy atom. The van der Waals surface area contributed by atoms with Crippen molar-refractivity contribution >= 4 is 21.9 Å². The Labute approximate surface area is 125 Å². The maximum Gasteiger partial charge on any atom is 0.307 e. The number of carboxylic acid groups (broad SMARTS) is 1. The fourth-order valence-electron chi connectivity index (χ4n) is 2.38. The van der Waals surface area contributed by atoms with Crippen LogP contribution >= 0.6 is 0 Å². The number of carboxylic acids is 1. The molecule has 1 aliphatic rings. The van der Waals surface area contributed by atoms with Gasteiger partial charge in [-0.1, -0.05) is 6.07 Å². The van der Waals surface area contributed by atoms with Gasteiger partial charge >= 0.3 is 16.2 Å². The monoisotopic (exact) mass is 312 g/mol. The lowest BCUT2D eigenvalue weighted by atomic mass is 10.0. The van der Waals surface area contributed by atoms with E-state index in [1.165, 1.54) is 4.31 Å². The standard InChI is InChI=1S/C14H20N2O4S/c1-10-5-6-13(8-11(10)2)15-21(19,20)16-7-3-4-12(9-16)14(17)18/h5-6,8,12,15H,3-4,7,9H2,1-2H3,(H,17,18). The van der Waals surface area contributed by atoms with Crippen molar-refractivity contribution in [1.82, 2.24) is 4.31 Å². The molecule has 1 unspecified atom stereocenters. The van der Waals surface area contributed by atoms with E-state index in [9.17, 15) is 13.2 Å². The van der Waals surface area contributed by atoms with Gasteiger partial charge in [0.2, 0.25) is 0 Å². The van der Waals surface area contributed by atoms with Crippen LogP contribution in [0.25, 0.3) is 0 Å². The second-order valence-electron chi connectivity index (χ2n) is 5.44. The maximum absolute atomic E-state index is 12.3. The highest BCUT2D eigenvalue weighted by Crippen LogP contribution is 2.22. The Morgan fingerprint density at radius 2 is 2.05 bits per heavy atom. The van der Waals surface area contributed by atoms with E-state index >= 15 is 0 Å². The summed E-state index contributed by atoms with van der Waals surface area (Å²) in [6.07, 6.45) is 1.08. The lowest BCUT2D eigenvalue weighted by molar-refractivity contribution is -0.142. The third-order valence-corrected chi connectivity index (χ3v) is 5.33. The van der Waals surface area contributed by atoms with Crippen LogP contribution in [-0.2, 0) is 15.0 Å². The van der Waals surface area contributed by atoms with Gasteiger partial charge in [0, 0.05) is 13.1 Å². The maximum atomic E-state index is 12.3. The molecule has 7 heteroatoms. The Hall–Kier alpha value is -1.60. The number of aliphatic carboxylic acids is 1. The van der Waals surface area contributed by atoms with Crippen LogP contribution < -0.4 is 4.72 Å².